The minimum Gasteiger partial charge on any atom is -0.497 e. The van der Waals surface area contributed by atoms with Crippen LogP contribution in [0.25, 0.3) is 0 Å². The minimum absolute atomic E-state index is 0.505. The molecular weight excluding hydrogens is 238 g/mol. The maximum atomic E-state index is 10.5. The highest BCUT2D eigenvalue weighted by Crippen LogP contribution is 2.26. The zero-order valence-corrected chi connectivity index (χ0v) is 11.8. The van der Waals surface area contributed by atoms with Crippen molar-refractivity contribution in [2.24, 2.45) is 0 Å². The van der Waals surface area contributed by atoms with Gasteiger partial charge in [-0.05, 0) is 30.5 Å². The molecule has 1 aliphatic carbocycles. The van der Waals surface area contributed by atoms with Crippen LogP contribution in [0.15, 0.2) is 24.3 Å². The van der Waals surface area contributed by atoms with E-state index in [1.807, 2.05) is 18.2 Å². The van der Waals surface area contributed by atoms with Crippen molar-refractivity contribution >= 4 is 0 Å². The van der Waals surface area contributed by atoms with Crippen LogP contribution in [0.1, 0.15) is 44.1 Å². The van der Waals surface area contributed by atoms with E-state index in [0.29, 0.717) is 6.54 Å². The molecule has 2 N–H and O–H groups in total. The van der Waals surface area contributed by atoms with Crippen LogP contribution in [0.4, 0.5) is 0 Å². The van der Waals surface area contributed by atoms with Crippen LogP contribution in [0.3, 0.4) is 0 Å². The highest BCUT2D eigenvalue weighted by molar-refractivity contribution is 5.28. The molecule has 1 saturated carbocycles. The van der Waals surface area contributed by atoms with Gasteiger partial charge in [-0.15, -0.1) is 0 Å². The Kier molecular flexibility index (Phi) is 5.23. The van der Waals surface area contributed by atoms with Gasteiger partial charge < -0.3 is 15.2 Å². The Hall–Kier alpha value is -1.06. The van der Waals surface area contributed by atoms with E-state index < -0.39 is 5.60 Å². The SMILES string of the molecule is COc1cccc(CNCC2(O)CCCCCC2)c1. The summed E-state index contributed by atoms with van der Waals surface area (Å²) in [5, 5.41) is 13.9. The second kappa shape index (κ2) is 6.92. The average molecular weight is 263 g/mol. The lowest BCUT2D eigenvalue weighted by Crippen LogP contribution is -2.39. The zero-order chi connectivity index (χ0) is 13.6. The van der Waals surface area contributed by atoms with Crippen molar-refractivity contribution in [1.82, 2.24) is 5.32 Å². The van der Waals surface area contributed by atoms with Crippen LogP contribution in [0.5, 0.6) is 5.75 Å². The Bertz CT molecular complexity index is 384. The maximum Gasteiger partial charge on any atom is 0.119 e. The van der Waals surface area contributed by atoms with Gasteiger partial charge in [0.1, 0.15) is 5.75 Å². The molecule has 0 radical (unpaired) electrons. The normalized spacial score (nSPS) is 18.8. The lowest BCUT2D eigenvalue weighted by Gasteiger charge is -2.27. The molecule has 0 heterocycles. The van der Waals surface area contributed by atoms with Crippen LogP contribution in [-0.4, -0.2) is 24.4 Å². The summed E-state index contributed by atoms with van der Waals surface area (Å²) in [5.41, 5.74) is 0.687. The minimum atomic E-state index is -0.505. The molecule has 0 aliphatic heterocycles. The number of hydrogen-bond acceptors (Lipinski definition) is 3. The number of methoxy groups -OCH3 is 1. The van der Waals surface area contributed by atoms with E-state index in [-0.39, 0.29) is 0 Å². The molecule has 1 aliphatic rings. The van der Waals surface area contributed by atoms with Gasteiger partial charge in [-0.25, -0.2) is 0 Å². The quantitative estimate of drug-likeness (QED) is 0.803. The van der Waals surface area contributed by atoms with Crippen molar-refractivity contribution in [3.05, 3.63) is 29.8 Å². The first kappa shape index (κ1) is 14.4. The molecule has 106 valence electrons. The zero-order valence-electron chi connectivity index (χ0n) is 11.8. The molecule has 0 atom stereocenters. The van der Waals surface area contributed by atoms with Crippen molar-refractivity contribution in [3.63, 3.8) is 0 Å². The van der Waals surface area contributed by atoms with Crippen molar-refractivity contribution in [2.45, 2.75) is 50.7 Å². The predicted molar refractivity (Wildman–Crippen MR) is 77.4 cm³/mol. The fourth-order valence-corrected chi connectivity index (χ4v) is 2.79. The third kappa shape index (κ3) is 4.51. The molecule has 0 aromatic heterocycles. The molecule has 19 heavy (non-hydrogen) atoms. The van der Waals surface area contributed by atoms with Gasteiger partial charge in [0.15, 0.2) is 0 Å². The van der Waals surface area contributed by atoms with Crippen LogP contribution in [-0.2, 0) is 6.54 Å². The van der Waals surface area contributed by atoms with E-state index in [1.54, 1.807) is 7.11 Å². The summed E-state index contributed by atoms with van der Waals surface area (Å²) in [7, 11) is 1.68. The molecule has 3 nitrogen and oxygen atoms in total. The molecule has 1 aromatic carbocycles. The molecule has 2 rings (SSSR count). The standard InChI is InChI=1S/C16H25NO2/c1-19-15-8-6-7-14(11-15)12-17-13-16(18)9-4-2-3-5-10-16/h6-8,11,17-18H,2-5,9-10,12-13H2,1H3. The van der Waals surface area contributed by atoms with Crippen LogP contribution >= 0.6 is 0 Å². The Morgan fingerprint density at radius 2 is 1.95 bits per heavy atom. The van der Waals surface area contributed by atoms with E-state index in [2.05, 4.69) is 11.4 Å². The average Bonchev–Trinajstić information content (AvgIpc) is 2.64. The Balaban J connectivity index is 1.81. The van der Waals surface area contributed by atoms with Crippen molar-refractivity contribution in [3.8, 4) is 5.75 Å². The number of rotatable bonds is 5. The summed E-state index contributed by atoms with van der Waals surface area (Å²) >= 11 is 0. The van der Waals surface area contributed by atoms with Gasteiger partial charge in [0.2, 0.25) is 0 Å². The number of hydrogen-bond donors (Lipinski definition) is 2. The fraction of sp³-hybridized carbons (Fsp3) is 0.625. The highest BCUT2D eigenvalue weighted by Gasteiger charge is 2.27. The van der Waals surface area contributed by atoms with E-state index in [0.717, 1.165) is 38.0 Å². The molecule has 0 spiro atoms. The van der Waals surface area contributed by atoms with Gasteiger partial charge in [-0.3, -0.25) is 0 Å². The second-order valence-corrected chi connectivity index (χ2v) is 5.59. The Morgan fingerprint density at radius 1 is 1.21 bits per heavy atom. The van der Waals surface area contributed by atoms with Gasteiger partial charge in [0.05, 0.1) is 12.7 Å². The molecule has 0 amide bonds. The van der Waals surface area contributed by atoms with E-state index in [1.165, 1.54) is 18.4 Å². The van der Waals surface area contributed by atoms with Crippen molar-refractivity contribution in [2.75, 3.05) is 13.7 Å². The van der Waals surface area contributed by atoms with Crippen LogP contribution in [0, 0.1) is 0 Å². The van der Waals surface area contributed by atoms with Crippen LogP contribution < -0.4 is 10.1 Å². The lowest BCUT2D eigenvalue weighted by molar-refractivity contribution is 0.0250. The first-order chi connectivity index (χ1) is 9.22. The molecule has 3 heteroatoms. The summed E-state index contributed by atoms with van der Waals surface area (Å²) < 4.78 is 5.21. The Morgan fingerprint density at radius 3 is 2.63 bits per heavy atom. The van der Waals surface area contributed by atoms with Crippen molar-refractivity contribution < 1.29 is 9.84 Å². The third-order valence-corrected chi connectivity index (χ3v) is 3.95. The third-order valence-electron chi connectivity index (χ3n) is 3.95. The van der Waals surface area contributed by atoms with Crippen molar-refractivity contribution in [1.29, 1.82) is 0 Å². The largest absolute Gasteiger partial charge is 0.497 e. The van der Waals surface area contributed by atoms with E-state index >= 15 is 0 Å². The molecule has 1 aromatic rings. The van der Waals surface area contributed by atoms with Gasteiger partial charge in [0.25, 0.3) is 0 Å². The summed E-state index contributed by atoms with van der Waals surface area (Å²) in [6.07, 6.45) is 6.68. The number of nitrogens with one attached hydrogen (secondary N) is 1. The topological polar surface area (TPSA) is 41.5 Å². The van der Waals surface area contributed by atoms with Gasteiger partial charge >= 0.3 is 0 Å². The first-order valence-corrected chi connectivity index (χ1v) is 7.28. The second-order valence-electron chi connectivity index (χ2n) is 5.59. The van der Waals surface area contributed by atoms with E-state index in [9.17, 15) is 5.11 Å². The fourth-order valence-electron chi connectivity index (χ4n) is 2.79. The number of ether oxygens (including phenoxy) is 1. The summed E-state index contributed by atoms with van der Waals surface area (Å²) in [4.78, 5) is 0. The van der Waals surface area contributed by atoms with Gasteiger partial charge in [0, 0.05) is 13.1 Å². The monoisotopic (exact) mass is 263 g/mol. The summed E-state index contributed by atoms with van der Waals surface area (Å²) in [6.45, 7) is 1.46. The summed E-state index contributed by atoms with van der Waals surface area (Å²) in [5.74, 6) is 0.882. The number of benzene rings is 1. The predicted octanol–water partition coefficient (Wildman–Crippen LogP) is 2.87. The molecular formula is C16H25NO2. The maximum absolute atomic E-state index is 10.5. The van der Waals surface area contributed by atoms with Crippen LogP contribution in [0.2, 0.25) is 0 Å². The van der Waals surface area contributed by atoms with E-state index in [4.69, 9.17) is 4.74 Å². The highest BCUT2D eigenvalue weighted by atomic mass is 16.5. The molecule has 0 bridgehead atoms. The number of aliphatic hydroxyl groups is 1. The first-order valence-electron chi connectivity index (χ1n) is 7.28. The summed E-state index contributed by atoms with van der Waals surface area (Å²) in [6, 6.07) is 8.05. The smallest absolute Gasteiger partial charge is 0.119 e. The van der Waals surface area contributed by atoms with Gasteiger partial charge in [-0.2, -0.15) is 0 Å². The molecule has 0 unspecified atom stereocenters. The Labute approximate surface area is 116 Å². The van der Waals surface area contributed by atoms with Gasteiger partial charge in [-0.1, -0.05) is 37.8 Å². The molecule has 0 saturated heterocycles. The lowest BCUT2D eigenvalue weighted by atomic mass is 9.94. The molecule has 1 fully saturated rings.